The molecule has 1 aromatic heterocycles. The molecule has 0 aliphatic carbocycles. The number of aliphatic imine (C=N–C) groups is 1. The van der Waals surface area contributed by atoms with Crippen molar-refractivity contribution in [2.75, 3.05) is 24.3 Å². The quantitative estimate of drug-likeness (QED) is 0.393. The predicted octanol–water partition coefficient (Wildman–Crippen LogP) is 2.75. The highest BCUT2D eigenvalue weighted by atomic mass is 15.2. The van der Waals surface area contributed by atoms with Crippen LogP contribution in [0.1, 0.15) is 18.5 Å². The lowest BCUT2D eigenvalue weighted by atomic mass is 10.1. The highest BCUT2D eigenvalue weighted by Crippen LogP contribution is 2.21. The third kappa shape index (κ3) is 4.45. The normalized spacial score (nSPS) is 12.2. The van der Waals surface area contributed by atoms with Crippen molar-refractivity contribution in [1.29, 1.82) is 5.26 Å². The van der Waals surface area contributed by atoms with Crippen molar-refractivity contribution in [3.05, 3.63) is 54.2 Å². The molecule has 0 aliphatic rings. The minimum absolute atomic E-state index is 0.0842. The van der Waals surface area contributed by atoms with Gasteiger partial charge >= 0.3 is 0 Å². The van der Waals surface area contributed by atoms with Gasteiger partial charge < -0.3 is 10.2 Å². The number of anilines is 2. The van der Waals surface area contributed by atoms with Crippen LogP contribution in [0.5, 0.6) is 0 Å². The Morgan fingerprint density at radius 1 is 1.22 bits per heavy atom. The molecule has 0 saturated heterocycles. The van der Waals surface area contributed by atoms with Crippen molar-refractivity contribution in [2.24, 2.45) is 4.99 Å². The van der Waals surface area contributed by atoms with E-state index in [9.17, 15) is 0 Å². The summed E-state index contributed by atoms with van der Waals surface area (Å²) < 4.78 is 0. The first-order valence-electron chi connectivity index (χ1n) is 7.29. The molecule has 0 radical (unpaired) electrons. The lowest BCUT2D eigenvalue weighted by Gasteiger charge is -2.18. The number of rotatable bonds is 4. The van der Waals surface area contributed by atoms with E-state index in [0.717, 1.165) is 17.1 Å². The lowest BCUT2D eigenvalue weighted by Crippen LogP contribution is -2.28. The van der Waals surface area contributed by atoms with Gasteiger partial charge in [0.15, 0.2) is 12.0 Å². The van der Waals surface area contributed by atoms with Crippen molar-refractivity contribution in [1.82, 2.24) is 10.3 Å². The molecule has 0 amide bonds. The molecule has 0 fully saturated rings. The molecule has 2 N–H and O–H groups in total. The van der Waals surface area contributed by atoms with Crippen LogP contribution in [0.25, 0.3) is 0 Å². The third-order valence-electron chi connectivity index (χ3n) is 3.24. The molecular formula is C17H20N6. The Kier molecular flexibility index (Phi) is 5.53. The van der Waals surface area contributed by atoms with E-state index < -0.39 is 0 Å². The summed E-state index contributed by atoms with van der Waals surface area (Å²) in [7, 11) is 3.82. The molecule has 1 heterocycles. The maximum absolute atomic E-state index is 8.97. The molecule has 0 spiro atoms. The van der Waals surface area contributed by atoms with Crippen LogP contribution in [-0.2, 0) is 0 Å². The molecular weight excluding hydrogens is 288 g/mol. The average molecular weight is 308 g/mol. The van der Waals surface area contributed by atoms with Gasteiger partial charge in [-0.3, -0.25) is 5.32 Å². The molecule has 118 valence electrons. The third-order valence-corrected chi connectivity index (χ3v) is 3.24. The zero-order valence-corrected chi connectivity index (χ0v) is 13.5. The maximum Gasteiger partial charge on any atom is 0.209 e. The molecule has 2 aromatic rings. The second-order valence-corrected chi connectivity index (χ2v) is 5.20. The zero-order valence-electron chi connectivity index (χ0n) is 13.5. The molecule has 1 aromatic carbocycles. The molecule has 6 heteroatoms. The Hall–Kier alpha value is -3.07. The van der Waals surface area contributed by atoms with Gasteiger partial charge in [0.05, 0.1) is 11.7 Å². The number of benzene rings is 1. The van der Waals surface area contributed by atoms with Gasteiger partial charge in [0, 0.05) is 20.3 Å². The van der Waals surface area contributed by atoms with E-state index in [-0.39, 0.29) is 6.04 Å². The molecule has 1 atom stereocenters. The van der Waals surface area contributed by atoms with Crippen LogP contribution in [-0.4, -0.2) is 25.0 Å². The monoisotopic (exact) mass is 308 g/mol. The van der Waals surface area contributed by atoms with Gasteiger partial charge in [0.2, 0.25) is 5.96 Å². The Bertz CT molecular complexity index is 703. The van der Waals surface area contributed by atoms with Crippen molar-refractivity contribution < 1.29 is 0 Å². The van der Waals surface area contributed by atoms with E-state index >= 15 is 0 Å². The van der Waals surface area contributed by atoms with Crippen LogP contribution < -0.4 is 15.5 Å². The number of aromatic nitrogens is 1. The molecule has 0 saturated carbocycles. The molecule has 2 rings (SSSR count). The highest BCUT2D eigenvalue weighted by Gasteiger charge is 2.10. The summed E-state index contributed by atoms with van der Waals surface area (Å²) in [5.41, 5.74) is 1.85. The van der Waals surface area contributed by atoms with Crippen molar-refractivity contribution >= 4 is 17.5 Å². The summed E-state index contributed by atoms with van der Waals surface area (Å²) in [5, 5.41) is 14.7. The van der Waals surface area contributed by atoms with Crippen molar-refractivity contribution in [3.63, 3.8) is 0 Å². The second kappa shape index (κ2) is 7.80. The fourth-order valence-electron chi connectivity index (χ4n) is 2.13. The molecule has 6 nitrogen and oxygen atoms in total. The van der Waals surface area contributed by atoms with E-state index in [0.29, 0.717) is 5.96 Å². The zero-order chi connectivity index (χ0) is 16.7. The highest BCUT2D eigenvalue weighted by molar-refractivity contribution is 5.97. The SMILES string of the molecule is C[C@@H](N=C(NC#N)Nc1cccnc1N(C)C)c1ccccc1. The standard InChI is InChI=1S/C17H20N6/c1-13(14-8-5-4-6-9-14)21-17(20-12-18)22-15-10-7-11-19-16(15)23(2)3/h4-11,13H,1-3H3,(H2,20,21,22)/t13-/m1/s1. The number of hydrogen-bond acceptors (Lipinski definition) is 4. The Balaban J connectivity index is 2.26. The van der Waals surface area contributed by atoms with Crippen molar-refractivity contribution in [2.45, 2.75) is 13.0 Å². The van der Waals surface area contributed by atoms with Crippen LogP contribution >= 0.6 is 0 Å². The summed E-state index contributed by atoms with van der Waals surface area (Å²) in [6.07, 6.45) is 3.64. The minimum atomic E-state index is -0.0842. The molecule has 0 unspecified atom stereocenters. The van der Waals surface area contributed by atoms with Gasteiger partial charge in [-0.05, 0) is 24.6 Å². The summed E-state index contributed by atoms with van der Waals surface area (Å²) in [4.78, 5) is 10.8. The van der Waals surface area contributed by atoms with Gasteiger partial charge in [-0.1, -0.05) is 30.3 Å². The number of hydrogen-bond donors (Lipinski definition) is 2. The first kappa shape index (κ1) is 16.3. The molecule has 0 bridgehead atoms. The van der Waals surface area contributed by atoms with Crippen LogP contribution in [0, 0.1) is 11.5 Å². The summed E-state index contributed by atoms with van der Waals surface area (Å²) >= 11 is 0. The summed E-state index contributed by atoms with van der Waals surface area (Å²) in [5.74, 6) is 1.16. The number of guanidine groups is 1. The van der Waals surface area contributed by atoms with E-state index in [1.165, 1.54) is 0 Å². The van der Waals surface area contributed by atoms with Crippen LogP contribution in [0.15, 0.2) is 53.7 Å². The number of nitrogens with one attached hydrogen (secondary N) is 2. The Morgan fingerprint density at radius 2 is 1.96 bits per heavy atom. The van der Waals surface area contributed by atoms with Gasteiger partial charge in [0.25, 0.3) is 0 Å². The van der Waals surface area contributed by atoms with Gasteiger partial charge in [-0.25, -0.2) is 9.98 Å². The number of pyridine rings is 1. The summed E-state index contributed by atoms with van der Waals surface area (Å²) in [6, 6.07) is 13.6. The first-order chi connectivity index (χ1) is 11.1. The average Bonchev–Trinajstić information content (AvgIpc) is 2.56. The van der Waals surface area contributed by atoms with Gasteiger partial charge in [-0.15, -0.1) is 0 Å². The van der Waals surface area contributed by atoms with E-state index in [2.05, 4.69) is 20.6 Å². The molecule has 23 heavy (non-hydrogen) atoms. The fourth-order valence-corrected chi connectivity index (χ4v) is 2.13. The van der Waals surface area contributed by atoms with Crippen LogP contribution in [0.4, 0.5) is 11.5 Å². The largest absolute Gasteiger partial charge is 0.361 e. The second-order valence-electron chi connectivity index (χ2n) is 5.20. The Morgan fingerprint density at radius 3 is 2.61 bits per heavy atom. The fraction of sp³-hybridized carbons (Fsp3) is 0.235. The number of nitrogens with zero attached hydrogens (tertiary/aromatic N) is 4. The topological polar surface area (TPSA) is 76.3 Å². The molecule has 0 aliphatic heterocycles. The van der Waals surface area contributed by atoms with Gasteiger partial charge in [0.1, 0.15) is 0 Å². The smallest absolute Gasteiger partial charge is 0.209 e. The Labute approximate surface area is 136 Å². The van der Waals surface area contributed by atoms with Gasteiger partial charge in [-0.2, -0.15) is 5.26 Å². The van der Waals surface area contributed by atoms with Crippen molar-refractivity contribution in [3.8, 4) is 6.19 Å². The maximum atomic E-state index is 8.97. The van der Waals surface area contributed by atoms with Crippen LogP contribution in [0.3, 0.4) is 0 Å². The van der Waals surface area contributed by atoms with Crippen LogP contribution in [0.2, 0.25) is 0 Å². The predicted molar refractivity (Wildman–Crippen MR) is 93.2 cm³/mol. The minimum Gasteiger partial charge on any atom is -0.361 e. The lowest BCUT2D eigenvalue weighted by molar-refractivity contribution is 0.813. The van der Waals surface area contributed by atoms with E-state index in [1.54, 1.807) is 6.20 Å². The van der Waals surface area contributed by atoms with E-state index in [4.69, 9.17) is 5.26 Å². The van der Waals surface area contributed by atoms with E-state index in [1.807, 2.05) is 74.6 Å². The number of nitriles is 1. The summed E-state index contributed by atoms with van der Waals surface area (Å²) in [6.45, 7) is 1.98. The first-order valence-corrected chi connectivity index (χ1v) is 7.29.